The molecular formula is C14H14N4S. The van der Waals surface area contributed by atoms with Gasteiger partial charge in [0.25, 0.3) is 0 Å². The minimum Gasteiger partial charge on any atom is -0.271 e. The Kier molecular flexibility index (Phi) is 3.50. The van der Waals surface area contributed by atoms with Crippen LogP contribution < -0.4 is 11.3 Å². The summed E-state index contributed by atoms with van der Waals surface area (Å²) in [5, 5.41) is 1.14. The second kappa shape index (κ2) is 5.44. The van der Waals surface area contributed by atoms with Crippen LogP contribution in [0.5, 0.6) is 0 Å². The molecule has 0 aliphatic rings. The van der Waals surface area contributed by atoms with Crippen LogP contribution in [0.3, 0.4) is 0 Å². The van der Waals surface area contributed by atoms with Gasteiger partial charge in [-0.15, -0.1) is 11.3 Å². The van der Waals surface area contributed by atoms with Crippen molar-refractivity contribution in [3.8, 4) is 0 Å². The summed E-state index contributed by atoms with van der Waals surface area (Å²) < 4.78 is 0. The molecule has 96 valence electrons. The second-order valence-corrected chi connectivity index (χ2v) is 5.28. The molecular weight excluding hydrogens is 256 g/mol. The van der Waals surface area contributed by atoms with E-state index in [1.807, 2.05) is 42.2 Å². The maximum Gasteiger partial charge on any atom is 0.0794 e. The summed E-state index contributed by atoms with van der Waals surface area (Å²) in [4.78, 5) is 9.69. The minimum atomic E-state index is 0.0633. The largest absolute Gasteiger partial charge is 0.271 e. The zero-order chi connectivity index (χ0) is 13.1. The zero-order valence-corrected chi connectivity index (χ0v) is 11.1. The average molecular weight is 270 g/mol. The number of hydrogen-bond acceptors (Lipinski definition) is 5. The maximum atomic E-state index is 5.73. The van der Waals surface area contributed by atoms with Crippen molar-refractivity contribution in [1.29, 1.82) is 0 Å². The number of hydrogen-bond donors (Lipinski definition) is 2. The zero-order valence-electron chi connectivity index (χ0n) is 10.3. The molecule has 0 aliphatic heterocycles. The Morgan fingerprint density at radius 2 is 2.16 bits per heavy atom. The van der Waals surface area contributed by atoms with E-state index in [1.165, 1.54) is 10.4 Å². The number of para-hydroxylation sites is 1. The lowest BCUT2D eigenvalue weighted by atomic mass is 10.00. The number of rotatable bonds is 4. The van der Waals surface area contributed by atoms with E-state index < -0.39 is 0 Å². The van der Waals surface area contributed by atoms with Crippen LogP contribution in [0.2, 0.25) is 0 Å². The van der Waals surface area contributed by atoms with Gasteiger partial charge in [-0.1, -0.05) is 18.2 Å². The molecule has 0 spiro atoms. The summed E-state index contributed by atoms with van der Waals surface area (Å²) in [6.45, 7) is 0. The first-order chi connectivity index (χ1) is 9.38. The van der Waals surface area contributed by atoms with Crippen molar-refractivity contribution in [3.63, 3.8) is 0 Å². The number of benzene rings is 1. The quantitative estimate of drug-likeness (QED) is 0.564. The highest BCUT2D eigenvalue weighted by Gasteiger charge is 2.14. The van der Waals surface area contributed by atoms with Gasteiger partial charge in [0.05, 0.1) is 17.1 Å². The molecule has 0 amide bonds. The van der Waals surface area contributed by atoms with Gasteiger partial charge in [-0.05, 0) is 17.7 Å². The summed E-state index contributed by atoms with van der Waals surface area (Å²) in [6, 6.07) is 10.2. The van der Waals surface area contributed by atoms with Crippen LogP contribution >= 0.6 is 11.3 Å². The fourth-order valence-corrected chi connectivity index (χ4v) is 2.87. The van der Waals surface area contributed by atoms with Crippen molar-refractivity contribution in [2.24, 2.45) is 5.84 Å². The van der Waals surface area contributed by atoms with Crippen LogP contribution in [0.15, 0.2) is 48.2 Å². The van der Waals surface area contributed by atoms with Crippen molar-refractivity contribution in [2.45, 2.75) is 12.5 Å². The molecule has 3 rings (SSSR count). The number of hydrazine groups is 1. The molecule has 2 aromatic heterocycles. The topological polar surface area (TPSA) is 63.8 Å². The molecule has 3 aromatic rings. The van der Waals surface area contributed by atoms with Crippen molar-refractivity contribution >= 4 is 22.2 Å². The van der Waals surface area contributed by atoms with E-state index in [9.17, 15) is 0 Å². The summed E-state index contributed by atoms with van der Waals surface area (Å²) in [7, 11) is 0. The molecule has 2 heterocycles. The van der Waals surface area contributed by atoms with Crippen molar-refractivity contribution in [1.82, 2.24) is 15.4 Å². The first-order valence-corrected chi connectivity index (χ1v) is 6.93. The molecule has 1 atom stereocenters. The predicted octanol–water partition coefficient (Wildman–Crippen LogP) is 2.44. The van der Waals surface area contributed by atoms with Gasteiger partial charge >= 0.3 is 0 Å². The van der Waals surface area contributed by atoms with E-state index in [0.29, 0.717) is 0 Å². The molecule has 0 radical (unpaired) electrons. The Balaban J connectivity index is 2.01. The van der Waals surface area contributed by atoms with Crippen LogP contribution in [-0.4, -0.2) is 9.97 Å². The number of nitrogens with zero attached hydrogens (tertiary/aromatic N) is 2. The Morgan fingerprint density at radius 3 is 2.95 bits per heavy atom. The van der Waals surface area contributed by atoms with Gasteiger partial charge in [-0.2, -0.15) is 0 Å². The molecule has 4 nitrogen and oxygen atoms in total. The molecule has 0 saturated carbocycles. The predicted molar refractivity (Wildman–Crippen MR) is 77.6 cm³/mol. The van der Waals surface area contributed by atoms with E-state index in [0.717, 1.165) is 17.3 Å². The van der Waals surface area contributed by atoms with Gasteiger partial charge in [0.2, 0.25) is 0 Å². The van der Waals surface area contributed by atoms with Crippen LogP contribution in [0.1, 0.15) is 16.5 Å². The number of nitrogens with two attached hydrogens (primary N) is 1. The standard InChI is InChI=1S/C14H14N4S/c15-18-14(7-10-8-16-9-19-10)12-5-6-17-13-4-2-1-3-11(12)13/h1-6,8-9,14,18H,7,15H2. The van der Waals surface area contributed by atoms with Gasteiger partial charge < -0.3 is 0 Å². The van der Waals surface area contributed by atoms with Gasteiger partial charge in [0.1, 0.15) is 0 Å². The SMILES string of the molecule is NNC(Cc1cncs1)c1ccnc2ccccc12. The van der Waals surface area contributed by atoms with Gasteiger partial charge in [-0.25, -0.2) is 0 Å². The second-order valence-electron chi connectivity index (χ2n) is 4.31. The summed E-state index contributed by atoms with van der Waals surface area (Å²) in [6.07, 6.45) is 4.54. The highest BCUT2D eigenvalue weighted by molar-refractivity contribution is 7.09. The van der Waals surface area contributed by atoms with E-state index in [4.69, 9.17) is 5.84 Å². The van der Waals surface area contributed by atoms with Crippen molar-refractivity contribution in [2.75, 3.05) is 0 Å². The third kappa shape index (κ3) is 2.49. The van der Waals surface area contributed by atoms with Crippen molar-refractivity contribution < 1.29 is 0 Å². The van der Waals surface area contributed by atoms with E-state index in [1.54, 1.807) is 11.3 Å². The van der Waals surface area contributed by atoms with Crippen molar-refractivity contribution in [3.05, 3.63) is 58.7 Å². The first-order valence-electron chi connectivity index (χ1n) is 6.05. The molecule has 0 aliphatic carbocycles. The van der Waals surface area contributed by atoms with E-state index in [2.05, 4.69) is 21.5 Å². The number of fused-ring (bicyclic) bond motifs is 1. The summed E-state index contributed by atoms with van der Waals surface area (Å²) in [5.74, 6) is 5.73. The molecule has 5 heteroatoms. The highest BCUT2D eigenvalue weighted by atomic mass is 32.1. The number of pyridine rings is 1. The Morgan fingerprint density at radius 1 is 1.26 bits per heavy atom. The normalized spacial score (nSPS) is 12.7. The lowest BCUT2D eigenvalue weighted by Crippen LogP contribution is -2.29. The van der Waals surface area contributed by atoms with E-state index in [-0.39, 0.29) is 6.04 Å². The van der Waals surface area contributed by atoms with Crippen LogP contribution in [0.4, 0.5) is 0 Å². The number of thiazole rings is 1. The lowest BCUT2D eigenvalue weighted by Gasteiger charge is -2.17. The monoisotopic (exact) mass is 270 g/mol. The van der Waals surface area contributed by atoms with Gasteiger partial charge in [0, 0.05) is 29.1 Å². The van der Waals surface area contributed by atoms with Crippen LogP contribution in [0, 0.1) is 0 Å². The van der Waals surface area contributed by atoms with Crippen LogP contribution in [-0.2, 0) is 6.42 Å². The molecule has 3 N–H and O–H groups in total. The van der Waals surface area contributed by atoms with Gasteiger partial charge in [-0.3, -0.25) is 21.2 Å². The first kappa shape index (κ1) is 12.2. The molecule has 19 heavy (non-hydrogen) atoms. The fraction of sp³-hybridized carbons (Fsp3) is 0.143. The Labute approximate surface area is 115 Å². The number of nitrogens with one attached hydrogen (secondary N) is 1. The highest BCUT2D eigenvalue weighted by Crippen LogP contribution is 2.25. The fourth-order valence-electron chi connectivity index (χ4n) is 2.22. The molecule has 0 fully saturated rings. The maximum absolute atomic E-state index is 5.73. The number of aromatic nitrogens is 2. The molecule has 1 aromatic carbocycles. The Bertz CT molecular complexity index is 661. The molecule has 1 unspecified atom stereocenters. The Hall–Kier alpha value is -1.82. The smallest absolute Gasteiger partial charge is 0.0794 e. The van der Waals surface area contributed by atoms with Crippen LogP contribution in [0.25, 0.3) is 10.9 Å². The molecule has 0 saturated heterocycles. The summed E-state index contributed by atoms with van der Waals surface area (Å²) >= 11 is 1.64. The minimum absolute atomic E-state index is 0.0633. The molecule has 0 bridgehead atoms. The third-order valence-corrected chi connectivity index (χ3v) is 3.95. The lowest BCUT2D eigenvalue weighted by molar-refractivity contribution is 0.558. The van der Waals surface area contributed by atoms with E-state index >= 15 is 0 Å². The third-order valence-electron chi connectivity index (χ3n) is 3.15. The average Bonchev–Trinajstić information content (AvgIpc) is 2.97. The summed E-state index contributed by atoms with van der Waals surface area (Å²) in [5.41, 5.74) is 6.90. The van der Waals surface area contributed by atoms with Gasteiger partial charge in [0.15, 0.2) is 0 Å².